The molecule has 2 unspecified atom stereocenters. The van der Waals surface area contributed by atoms with Crippen molar-refractivity contribution in [3.05, 3.63) is 0 Å². The Balaban J connectivity index is 3.38. The first-order valence-electron chi connectivity index (χ1n) is 3.37. The van der Waals surface area contributed by atoms with Crippen molar-refractivity contribution in [2.45, 2.75) is 12.2 Å². The lowest BCUT2D eigenvalue weighted by Crippen LogP contribution is -2.40. The molecule has 62 valence electrons. The van der Waals surface area contributed by atoms with E-state index in [9.17, 15) is 0 Å². The molecule has 0 aliphatic rings. The maximum absolute atomic E-state index is 9.10. The minimum absolute atomic E-state index is 0.419. The fraction of sp³-hybridized carbons (Fsp3) is 1.00. The molecular formula is C6H16N2O2. The average molecular weight is 148 g/mol. The quantitative estimate of drug-likeness (QED) is 0.369. The van der Waals surface area contributed by atoms with Crippen LogP contribution in [0.15, 0.2) is 0 Å². The lowest BCUT2D eigenvalue weighted by molar-refractivity contribution is 0.0231. The third-order valence-electron chi connectivity index (χ3n) is 1.27. The summed E-state index contributed by atoms with van der Waals surface area (Å²) in [4.78, 5) is 0. The third kappa shape index (κ3) is 3.79. The molecule has 0 saturated carbocycles. The molecule has 0 aliphatic carbocycles. The van der Waals surface area contributed by atoms with Crippen LogP contribution in [0.4, 0.5) is 0 Å². The predicted octanol–water partition coefficient (Wildman–Crippen LogP) is -1.85. The van der Waals surface area contributed by atoms with Crippen molar-refractivity contribution in [2.75, 3.05) is 27.2 Å². The Hall–Kier alpha value is -0.160. The van der Waals surface area contributed by atoms with Gasteiger partial charge in [0.15, 0.2) is 0 Å². The van der Waals surface area contributed by atoms with Crippen LogP contribution in [-0.2, 0) is 0 Å². The number of hydrogen-bond acceptors (Lipinski definition) is 4. The molecular weight excluding hydrogens is 132 g/mol. The van der Waals surface area contributed by atoms with Crippen LogP contribution in [0, 0.1) is 0 Å². The minimum Gasteiger partial charge on any atom is -0.389 e. The standard InChI is InChI=1S/C6H16N2O2/c1-7-3-5(9)6(10)4-8-2/h5-10H,3-4H2,1-2H3. The smallest absolute Gasteiger partial charge is 0.0935 e. The predicted molar refractivity (Wildman–Crippen MR) is 39.9 cm³/mol. The zero-order valence-electron chi connectivity index (χ0n) is 6.46. The molecule has 0 aliphatic heterocycles. The van der Waals surface area contributed by atoms with Gasteiger partial charge >= 0.3 is 0 Å². The zero-order valence-corrected chi connectivity index (χ0v) is 6.46. The highest BCUT2D eigenvalue weighted by atomic mass is 16.3. The summed E-state index contributed by atoms with van der Waals surface area (Å²) in [5.74, 6) is 0. The molecule has 0 radical (unpaired) electrons. The highest BCUT2D eigenvalue weighted by Gasteiger charge is 2.13. The van der Waals surface area contributed by atoms with E-state index in [0.717, 1.165) is 0 Å². The Bertz CT molecular complexity index is 70.1. The zero-order chi connectivity index (χ0) is 7.98. The van der Waals surface area contributed by atoms with Gasteiger partial charge in [0.1, 0.15) is 0 Å². The Kier molecular flexibility index (Phi) is 5.52. The summed E-state index contributed by atoms with van der Waals surface area (Å²) in [5.41, 5.74) is 0. The SMILES string of the molecule is CNCC(O)C(O)CNC. The molecule has 10 heavy (non-hydrogen) atoms. The first-order valence-corrected chi connectivity index (χ1v) is 3.37. The molecule has 0 spiro atoms. The lowest BCUT2D eigenvalue weighted by atomic mass is 10.2. The van der Waals surface area contributed by atoms with Crippen LogP contribution < -0.4 is 10.6 Å². The first-order chi connectivity index (χ1) is 4.72. The Morgan fingerprint density at radius 2 is 1.30 bits per heavy atom. The van der Waals surface area contributed by atoms with Gasteiger partial charge in [-0.15, -0.1) is 0 Å². The van der Waals surface area contributed by atoms with Crippen molar-refractivity contribution >= 4 is 0 Å². The van der Waals surface area contributed by atoms with E-state index < -0.39 is 12.2 Å². The molecule has 4 N–H and O–H groups in total. The molecule has 0 aromatic heterocycles. The van der Waals surface area contributed by atoms with Crippen LogP contribution in [0.3, 0.4) is 0 Å². The van der Waals surface area contributed by atoms with Crippen molar-refractivity contribution in [1.82, 2.24) is 10.6 Å². The highest BCUT2D eigenvalue weighted by molar-refractivity contribution is 4.69. The first kappa shape index (κ1) is 9.84. The Morgan fingerprint density at radius 1 is 1.00 bits per heavy atom. The van der Waals surface area contributed by atoms with E-state index in [2.05, 4.69) is 10.6 Å². The van der Waals surface area contributed by atoms with Crippen molar-refractivity contribution in [3.8, 4) is 0 Å². The van der Waals surface area contributed by atoms with E-state index >= 15 is 0 Å². The fourth-order valence-electron chi connectivity index (χ4n) is 0.690. The van der Waals surface area contributed by atoms with Gasteiger partial charge in [-0.3, -0.25) is 0 Å². The van der Waals surface area contributed by atoms with Crippen molar-refractivity contribution in [3.63, 3.8) is 0 Å². The van der Waals surface area contributed by atoms with E-state index in [0.29, 0.717) is 13.1 Å². The molecule has 0 amide bonds. The van der Waals surface area contributed by atoms with Gasteiger partial charge in [0.25, 0.3) is 0 Å². The van der Waals surface area contributed by atoms with Crippen LogP contribution in [0.1, 0.15) is 0 Å². The maximum Gasteiger partial charge on any atom is 0.0935 e. The summed E-state index contributed by atoms with van der Waals surface area (Å²) < 4.78 is 0. The third-order valence-corrected chi connectivity index (χ3v) is 1.27. The number of aliphatic hydroxyl groups is 2. The van der Waals surface area contributed by atoms with Crippen LogP contribution >= 0.6 is 0 Å². The Labute approximate surface area is 61.3 Å². The van der Waals surface area contributed by atoms with Crippen molar-refractivity contribution in [1.29, 1.82) is 0 Å². The second-order valence-electron chi connectivity index (χ2n) is 2.25. The number of aliphatic hydroxyl groups excluding tert-OH is 2. The molecule has 0 saturated heterocycles. The molecule has 4 nitrogen and oxygen atoms in total. The van der Waals surface area contributed by atoms with Gasteiger partial charge in [-0.2, -0.15) is 0 Å². The second-order valence-corrected chi connectivity index (χ2v) is 2.25. The van der Waals surface area contributed by atoms with Gasteiger partial charge in [-0.25, -0.2) is 0 Å². The van der Waals surface area contributed by atoms with Crippen LogP contribution in [0.25, 0.3) is 0 Å². The summed E-state index contributed by atoms with van der Waals surface area (Å²) in [7, 11) is 3.46. The van der Waals surface area contributed by atoms with E-state index in [1.165, 1.54) is 0 Å². The molecule has 2 atom stereocenters. The van der Waals surface area contributed by atoms with E-state index in [-0.39, 0.29) is 0 Å². The summed E-state index contributed by atoms with van der Waals surface area (Å²) >= 11 is 0. The van der Waals surface area contributed by atoms with Crippen LogP contribution in [-0.4, -0.2) is 49.6 Å². The number of likely N-dealkylation sites (N-methyl/N-ethyl adjacent to an activating group) is 2. The summed E-state index contributed by atoms with van der Waals surface area (Å²) in [6.07, 6.45) is -1.37. The molecule has 0 aromatic carbocycles. The van der Waals surface area contributed by atoms with Crippen LogP contribution in [0.2, 0.25) is 0 Å². The van der Waals surface area contributed by atoms with Gasteiger partial charge < -0.3 is 20.8 Å². The van der Waals surface area contributed by atoms with E-state index in [1.807, 2.05) is 0 Å². The molecule has 0 fully saturated rings. The van der Waals surface area contributed by atoms with E-state index in [4.69, 9.17) is 10.2 Å². The molecule has 0 bridgehead atoms. The van der Waals surface area contributed by atoms with Gasteiger partial charge in [0.2, 0.25) is 0 Å². The summed E-state index contributed by atoms with van der Waals surface area (Å²) in [6, 6.07) is 0. The summed E-state index contributed by atoms with van der Waals surface area (Å²) in [5, 5.41) is 23.7. The second kappa shape index (κ2) is 5.61. The van der Waals surface area contributed by atoms with E-state index in [1.54, 1.807) is 14.1 Å². The monoisotopic (exact) mass is 148 g/mol. The van der Waals surface area contributed by atoms with Crippen LogP contribution in [0.5, 0.6) is 0 Å². The lowest BCUT2D eigenvalue weighted by Gasteiger charge is -2.16. The molecule has 0 rings (SSSR count). The van der Waals surface area contributed by atoms with Gasteiger partial charge in [-0.05, 0) is 14.1 Å². The highest BCUT2D eigenvalue weighted by Crippen LogP contribution is 1.88. The number of nitrogens with one attached hydrogen (secondary N) is 2. The van der Waals surface area contributed by atoms with Crippen molar-refractivity contribution in [2.24, 2.45) is 0 Å². The Morgan fingerprint density at radius 3 is 1.50 bits per heavy atom. The normalized spacial score (nSPS) is 16.8. The topological polar surface area (TPSA) is 64.5 Å². The molecule has 4 heteroatoms. The van der Waals surface area contributed by atoms with Gasteiger partial charge in [-0.1, -0.05) is 0 Å². The fourth-order valence-corrected chi connectivity index (χ4v) is 0.690. The number of hydrogen-bond donors (Lipinski definition) is 4. The number of rotatable bonds is 5. The van der Waals surface area contributed by atoms with Gasteiger partial charge in [0, 0.05) is 13.1 Å². The average Bonchev–Trinajstić information content (AvgIpc) is 1.89. The molecule has 0 heterocycles. The minimum atomic E-state index is -0.683. The largest absolute Gasteiger partial charge is 0.389 e. The van der Waals surface area contributed by atoms with Crippen molar-refractivity contribution < 1.29 is 10.2 Å². The summed E-state index contributed by atoms with van der Waals surface area (Å²) in [6.45, 7) is 0.839. The molecule has 0 aromatic rings. The maximum atomic E-state index is 9.10. The van der Waals surface area contributed by atoms with Gasteiger partial charge in [0.05, 0.1) is 12.2 Å².